The van der Waals surface area contributed by atoms with E-state index in [1.165, 1.54) is 4.90 Å². The van der Waals surface area contributed by atoms with Crippen LogP contribution in [0.4, 0.5) is 4.79 Å². The topological polar surface area (TPSA) is 205 Å². The zero-order valence-corrected chi connectivity index (χ0v) is 35.5. The van der Waals surface area contributed by atoms with E-state index in [-0.39, 0.29) is 36.7 Å². The lowest BCUT2D eigenvalue weighted by atomic mass is 9.66. The number of amides is 4. The fourth-order valence-electron chi connectivity index (χ4n) is 8.58. The average molecular weight is 837 g/mol. The number of hydrogen-bond donors (Lipinski definition) is 5. The molecule has 0 radical (unpaired) electrons. The SMILES string of the molecule is C=CC1CCC1(NC(=O)C1CCCN1C(=O)C(NC(=O)OC1CC1CCCCCc1c(OC2CNC2)c2ccccc2[nH]c1=O)C(C)(C)C)C(=O)NS(=O)(=O)C1(C)CC1. The number of likely N-dealkylation sites (tertiary alicyclic amines) is 1. The maximum Gasteiger partial charge on any atom is 0.408 e. The number of aromatic nitrogens is 1. The second-order valence-electron chi connectivity index (χ2n) is 18.6. The maximum atomic E-state index is 14.2. The van der Waals surface area contributed by atoms with Crippen molar-refractivity contribution in [2.75, 3.05) is 19.6 Å². The third-order valence-corrected chi connectivity index (χ3v) is 15.3. The van der Waals surface area contributed by atoms with Gasteiger partial charge in [-0.2, -0.15) is 0 Å². The van der Waals surface area contributed by atoms with Gasteiger partial charge >= 0.3 is 6.09 Å². The van der Waals surface area contributed by atoms with E-state index in [1.807, 2.05) is 45.0 Å². The number of H-pyrrole nitrogens is 1. The number of alkyl carbamates (subject to hydrolysis) is 1. The van der Waals surface area contributed by atoms with Crippen molar-refractivity contribution >= 4 is 44.7 Å². The summed E-state index contributed by atoms with van der Waals surface area (Å²) in [5.41, 5.74) is -0.917. The summed E-state index contributed by atoms with van der Waals surface area (Å²) in [5, 5.41) is 9.77. The molecule has 0 spiro atoms. The molecule has 5 aliphatic rings. The Morgan fingerprint density at radius 3 is 2.46 bits per heavy atom. The summed E-state index contributed by atoms with van der Waals surface area (Å²) < 4.78 is 39.2. The first-order valence-corrected chi connectivity index (χ1v) is 22.7. The van der Waals surface area contributed by atoms with E-state index in [4.69, 9.17) is 9.47 Å². The molecule has 6 unspecified atom stereocenters. The molecule has 3 saturated carbocycles. The van der Waals surface area contributed by atoms with Gasteiger partial charge in [0.2, 0.25) is 21.8 Å². The van der Waals surface area contributed by atoms with Crippen LogP contribution in [0.2, 0.25) is 0 Å². The summed E-state index contributed by atoms with van der Waals surface area (Å²) in [7, 11) is -3.95. The number of aromatic amines is 1. The zero-order valence-electron chi connectivity index (χ0n) is 34.7. The quantitative estimate of drug-likeness (QED) is 0.115. The van der Waals surface area contributed by atoms with Crippen LogP contribution in [0.25, 0.3) is 10.9 Å². The van der Waals surface area contributed by atoms with Crippen LogP contribution < -0.4 is 31.0 Å². The molecule has 2 aromatic rings. The number of hydrogen-bond acceptors (Lipinski definition) is 10. The van der Waals surface area contributed by atoms with Crippen molar-refractivity contribution < 1.29 is 37.1 Å². The number of fused-ring (bicyclic) bond motifs is 1. The predicted molar refractivity (Wildman–Crippen MR) is 222 cm³/mol. The normalized spacial score (nSPS) is 26.5. The number of nitrogens with one attached hydrogen (secondary N) is 5. The molecule has 7 rings (SSSR count). The molecule has 15 nitrogen and oxygen atoms in total. The van der Waals surface area contributed by atoms with Gasteiger partial charge in [0.15, 0.2) is 0 Å². The number of carbonyl (C=O) groups is 4. The Bertz CT molecular complexity index is 2140. The lowest BCUT2D eigenvalue weighted by Gasteiger charge is -2.47. The van der Waals surface area contributed by atoms with Crippen LogP contribution >= 0.6 is 0 Å². The van der Waals surface area contributed by atoms with Crippen molar-refractivity contribution in [3.8, 4) is 5.75 Å². The van der Waals surface area contributed by atoms with Gasteiger partial charge in [-0.25, -0.2) is 13.2 Å². The van der Waals surface area contributed by atoms with E-state index in [0.29, 0.717) is 49.8 Å². The smallest absolute Gasteiger partial charge is 0.408 e. The molecule has 3 aliphatic carbocycles. The van der Waals surface area contributed by atoms with Gasteiger partial charge in [0.1, 0.15) is 35.6 Å². The first-order chi connectivity index (χ1) is 28.0. The fraction of sp³-hybridized carbons (Fsp3) is 0.651. The summed E-state index contributed by atoms with van der Waals surface area (Å²) in [6.45, 7) is 12.7. The molecule has 1 aromatic carbocycles. The molecule has 59 heavy (non-hydrogen) atoms. The first-order valence-electron chi connectivity index (χ1n) is 21.3. The minimum Gasteiger partial charge on any atom is -0.487 e. The summed E-state index contributed by atoms with van der Waals surface area (Å²) in [5.74, 6) is -1.36. The van der Waals surface area contributed by atoms with Crippen LogP contribution in [0.1, 0.15) is 104 Å². The predicted octanol–water partition coefficient (Wildman–Crippen LogP) is 3.95. The third-order valence-electron chi connectivity index (χ3n) is 13.2. The van der Waals surface area contributed by atoms with Crippen molar-refractivity contribution in [1.82, 2.24) is 30.6 Å². The van der Waals surface area contributed by atoms with E-state index < -0.39 is 67.5 Å². The van der Waals surface area contributed by atoms with Gasteiger partial charge in [0.05, 0.1) is 15.8 Å². The Hall–Kier alpha value is -4.44. The lowest BCUT2D eigenvalue weighted by Crippen LogP contribution is -2.70. The molecule has 2 aliphatic heterocycles. The van der Waals surface area contributed by atoms with Gasteiger partial charge in [-0.05, 0) is 94.6 Å². The van der Waals surface area contributed by atoms with E-state index in [0.717, 1.165) is 56.1 Å². The fourth-order valence-corrected chi connectivity index (χ4v) is 9.90. The Morgan fingerprint density at radius 2 is 1.81 bits per heavy atom. The van der Waals surface area contributed by atoms with E-state index in [1.54, 1.807) is 13.0 Å². The first kappa shape index (κ1) is 42.7. The Kier molecular flexibility index (Phi) is 12.0. The lowest BCUT2D eigenvalue weighted by molar-refractivity contribution is -0.145. The number of rotatable bonds is 17. The van der Waals surface area contributed by atoms with E-state index in [2.05, 4.69) is 32.2 Å². The highest BCUT2D eigenvalue weighted by atomic mass is 32.2. The van der Waals surface area contributed by atoms with Crippen LogP contribution in [-0.4, -0.2) is 96.3 Å². The number of carbonyl (C=O) groups excluding carboxylic acids is 4. The van der Waals surface area contributed by atoms with Crippen LogP contribution in [0, 0.1) is 17.3 Å². The van der Waals surface area contributed by atoms with Gasteiger partial charge in [-0.15, -0.1) is 6.58 Å². The minimum absolute atomic E-state index is 0.0473. The zero-order chi connectivity index (χ0) is 42.3. The van der Waals surface area contributed by atoms with Crippen molar-refractivity contribution in [1.29, 1.82) is 0 Å². The van der Waals surface area contributed by atoms with Crippen molar-refractivity contribution in [2.24, 2.45) is 17.3 Å². The summed E-state index contributed by atoms with van der Waals surface area (Å²) in [6, 6.07) is 5.78. The summed E-state index contributed by atoms with van der Waals surface area (Å²) >= 11 is 0. The van der Waals surface area contributed by atoms with Gasteiger partial charge in [-0.1, -0.05) is 51.8 Å². The van der Waals surface area contributed by atoms with Crippen LogP contribution in [0.15, 0.2) is 41.7 Å². The van der Waals surface area contributed by atoms with Crippen molar-refractivity contribution in [3.63, 3.8) is 0 Å². The highest BCUT2D eigenvalue weighted by Gasteiger charge is 2.58. The molecule has 1 aromatic heterocycles. The minimum atomic E-state index is -3.95. The molecule has 322 valence electrons. The number of benzene rings is 1. The number of unbranched alkanes of at least 4 members (excludes halogenated alkanes) is 2. The molecule has 16 heteroatoms. The molecule has 4 amide bonds. The van der Waals surface area contributed by atoms with Crippen LogP contribution in [-0.2, 0) is 35.6 Å². The van der Waals surface area contributed by atoms with E-state index >= 15 is 0 Å². The van der Waals surface area contributed by atoms with Crippen LogP contribution in [0.3, 0.4) is 0 Å². The van der Waals surface area contributed by atoms with E-state index in [9.17, 15) is 32.4 Å². The van der Waals surface area contributed by atoms with Gasteiger partial charge < -0.3 is 35.3 Å². The number of pyridine rings is 1. The molecule has 0 bridgehead atoms. The van der Waals surface area contributed by atoms with Crippen molar-refractivity contribution in [2.45, 2.75) is 139 Å². The largest absolute Gasteiger partial charge is 0.487 e. The molecule has 2 saturated heterocycles. The molecular weight excluding hydrogens is 777 g/mol. The Morgan fingerprint density at radius 1 is 1.07 bits per heavy atom. The van der Waals surface area contributed by atoms with Gasteiger partial charge in [0, 0.05) is 30.9 Å². The molecule has 6 atom stereocenters. The summed E-state index contributed by atoms with van der Waals surface area (Å²) in [6.07, 6.45) is 8.03. The second kappa shape index (κ2) is 16.5. The Balaban J connectivity index is 0.897. The summed E-state index contributed by atoms with van der Waals surface area (Å²) in [4.78, 5) is 72.4. The van der Waals surface area contributed by atoms with Crippen molar-refractivity contribution in [3.05, 3.63) is 52.8 Å². The number of ether oxygens (including phenoxy) is 2. The third kappa shape index (κ3) is 8.89. The average Bonchev–Trinajstić information content (AvgIpc) is 4.03. The van der Waals surface area contributed by atoms with Gasteiger partial charge in [-0.3, -0.25) is 23.9 Å². The highest BCUT2D eigenvalue weighted by molar-refractivity contribution is 7.91. The molecule has 5 N–H and O–H groups in total. The molecule has 3 heterocycles. The standard InChI is InChI=1S/C43H60N6O9S/c1-6-27-18-19-43(27,39(53)48-59(55,56)42(5)20-21-42)47-37(51)32-17-12-22-49(32)38(52)35(41(2,3)4)46-40(54)58-33-23-26(33)13-8-7-9-15-30-34(57-28-24-44-25-28)29-14-10-11-16-31(29)45-36(30)50/h6,10-11,14,16,26-28,32-33,35,44H,1,7-9,12-13,15,17-25H2,2-5H3,(H,45,50)(H,46,54)(H,47,51)(H,48,53). The Labute approximate surface area is 346 Å². The van der Waals surface area contributed by atoms with Gasteiger partial charge in [0.25, 0.3) is 11.5 Å². The molecule has 5 fully saturated rings. The highest BCUT2D eigenvalue weighted by Crippen LogP contribution is 2.45. The number of sulfonamides is 1. The maximum absolute atomic E-state index is 14.2. The van der Waals surface area contributed by atoms with Crippen LogP contribution in [0.5, 0.6) is 5.75 Å². The molecular formula is C43H60N6O9S. The second-order valence-corrected chi connectivity index (χ2v) is 20.8. The monoisotopic (exact) mass is 836 g/mol. The number of nitrogens with zero attached hydrogens (tertiary/aromatic N) is 1. The number of para-hydroxylation sites is 1.